The molecule has 0 aromatic heterocycles. The Morgan fingerprint density at radius 2 is 2.00 bits per heavy atom. The van der Waals surface area contributed by atoms with Crippen LogP contribution in [0.4, 0.5) is 0 Å². The van der Waals surface area contributed by atoms with Crippen molar-refractivity contribution in [3.05, 3.63) is 35.9 Å². The smallest absolute Gasteiger partial charge is 0.330 e. The number of carbonyl (C=O) groups is 2. The van der Waals surface area contributed by atoms with E-state index in [1.165, 1.54) is 0 Å². The molecule has 1 aliphatic rings. The summed E-state index contributed by atoms with van der Waals surface area (Å²) in [4.78, 5) is 23.8. The molecule has 2 rings (SSSR count). The highest BCUT2D eigenvalue weighted by Crippen LogP contribution is 2.29. The highest BCUT2D eigenvalue weighted by Gasteiger charge is 2.34. The Morgan fingerprint density at radius 3 is 2.57 bits per heavy atom. The number of benzene rings is 1. The molecule has 0 bridgehead atoms. The number of nitrogens with one attached hydrogen (secondary N) is 1. The van der Waals surface area contributed by atoms with Crippen molar-refractivity contribution < 1.29 is 19.4 Å². The number of rotatable bonds is 4. The number of ether oxygens (including phenoxy) is 1. The van der Waals surface area contributed by atoms with Crippen molar-refractivity contribution in [2.45, 2.75) is 38.3 Å². The molecule has 1 saturated heterocycles. The number of carboxylic acid groups (broad SMARTS) is 1. The Bertz CT molecular complexity index is 512. The van der Waals surface area contributed by atoms with Gasteiger partial charge in [0.1, 0.15) is 0 Å². The molecular weight excluding hydrogens is 270 g/mol. The minimum Gasteiger partial charge on any atom is -0.479 e. The summed E-state index contributed by atoms with van der Waals surface area (Å²) in [6.07, 6.45) is 1.22. The Balaban J connectivity index is 2.07. The van der Waals surface area contributed by atoms with E-state index in [1.807, 2.05) is 19.9 Å². The van der Waals surface area contributed by atoms with Crippen molar-refractivity contribution in [1.29, 1.82) is 0 Å². The van der Waals surface area contributed by atoms with Gasteiger partial charge in [0, 0.05) is 12.5 Å². The molecule has 5 heteroatoms. The van der Waals surface area contributed by atoms with Gasteiger partial charge in [-0.1, -0.05) is 30.3 Å². The number of hydrogen-bond donors (Lipinski definition) is 2. The van der Waals surface area contributed by atoms with E-state index in [0.29, 0.717) is 25.0 Å². The number of carbonyl (C=O) groups excluding carboxylic acids is 1. The Morgan fingerprint density at radius 1 is 1.33 bits per heavy atom. The zero-order valence-corrected chi connectivity index (χ0v) is 12.3. The van der Waals surface area contributed by atoms with Gasteiger partial charge < -0.3 is 15.2 Å². The van der Waals surface area contributed by atoms with Crippen molar-refractivity contribution in [2.75, 3.05) is 6.61 Å². The summed E-state index contributed by atoms with van der Waals surface area (Å²) in [5.41, 5.74) is 0.232. The van der Waals surface area contributed by atoms with Crippen LogP contribution < -0.4 is 5.32 Å². The lowest BCUT2D eigenvalue weighted by Gasteiger charge is -2.35. The summed E-state index contributed by atoms with van der Waals surface area (Å²) < 4.78 is 5.59. The SMILES string of the molecule is CC1(C)C[C@H](C(=O)N[C@@H](C(=O)O)c2ccccc2)CCO1. The maximum Gasteiger partial charge on any atom is 0.330 e. The molecule has 1 aromatic carbocycles. The van der Waals surface area contributed by atoms with Gasteiger partial charge in [-0.2, -0.15) is 0 Å². The molecule has 21 heavy (non-hydrogen) atoms. The second-order valence-corrected chi connectivity index (χ2v) is 5.99. The fourth-order valence-corrected chi connectivity index (χ4v) is 2.65. The zero-order valence-electron chi connectivity index (χ0n) is 12.3. The molecule has 114 valence electrons. The van der Waals surface area contributed by atoms with E-state index in [-0.39, 0.29) is 17.4 Å². The molecule has 0 aliphatic carbocycles. The van der Waals surface area contributed by atoms with Crippen LogP contribution in [0.25, 0.3) is 0 Å². The summed E-state index contributed by atoms with van der Waals surface area (Å²) in [5, 5.41) is 12.0. The van der Waals surface area contributed by atoms with Crippen LogP contribution in [0.2, 0.25) is 0 Å². The van der Waals surface area contributed by atoms with Crippen LogP contribution in [0.1, 0.15) is 38.3 Å². The molecule has 0 spiro atoms. The van der Waals surface area contributed by atoms with Gasteiger partial charge in [-0.05, 0) is 32.3 Å². The Kier molecular flexibility index (Phi) is 4.63. The van der Waals surface area contributed by atoms with Crippen LogP contribution in [0.5, 0.6) is 0 Å². The summed E-state index contributed by atoms with van der Waals surface area (Å²) in [6.45, 7) is 4.41. The molecule has 2 N–H and O–H groups in total. The van der Waals surface area contributed by atoms with Gasteiger partial charge in [0.2, 0.25) is 5.91 Å². The predicted molar refractivity (Wildman–Crippen MR) is 77.7 cm³/mol. The van der Waals surface area contributed by atoms with Crippen LogP contribution in [0, 0.1) is 5.92 Å². The third-order valence-corrected chi connectivity index (χ3v) is 3.73. The molecule has 0 unspecified atom stereocenters. The first-order valence-electron chi connectivity index (χ1n) is 7.11. The van der Waals surface area contributed by atoms with E-state index >= 15 is 0 Å². The van der Waals surface area contributed by atoms with E-state index in [4.69, 9.17) is 4.74 Å². The van der Waals surface area contributed by atoms with Gasteiger partial charge in [0.25, 0.3) is 0 Å². The van der Waals surface area contributed by atoms with E-state index in [1.54, 1.807) is 24.3 Å². The highest BCUT2D eigenvalue weighted by atomic mass is 16.5. The van der Waals surface area contributed by atoms with Gasteiger partial charge in [-0.3, -0.25) is 4.79 Å². The first-order valence-corrected chi connectivity index (χ1v) is 7.11. The topological polar surface area (TPSA) is 75.6 Å². The number of carboxylic acids is 1. The van der Waals surface area contributed by atoms with Gasteiger partial charge in [-0.25, -0.2) is 4.79 Å². The summed E-state index contributed by atoms with van der Waals surface area (Å²) in [7, 11) is 0. The lowest BCUT2D eigenvalue weighted by Crippen LogP contribution is -2.43. The molecule has 2 atom stereocenters. The second-order valence-electron chi connectivity index (χ2n) is 5.99. The minimum atomic E-state index is -1.05. The molecular formula is C16H21NO4. The van der Waals surface area contributed by atoms with Gasteiger partial charge in [-0.15, -0.1) is 0 Å². The molecule has 5 nitrogen and oxygen atoms in total. The van der Waals surface area contributed by atoms with Gasteiger partial charge in [0.15, 0.2) is 6.04 Å². The molecule has 1 heterocycles. The van der Waals surface area contributed by atoms with Crippen LogP contribution in [-0.4, -0.2) is 29.2 Å². The zero-order chi connectivity index (χ0) is 15.5. The highest BCUT2D eigenvalue weighted by molar-refractivity contribution is 5.86. The standard InChI is InChI=1S/C16H21NO4/c1-16(2)10-12(8-9-21-16)14(18)17-13(15(19)20)11-6-4-3-5-7-11/h3-7,12-13H,8-10H2,1-2H3,(H,17,18)(H,19,20)/t12-,13-/m1/s1. The maximum absolute atomic E-state index is 12.3. The molecule has 1 aliphatic heterocycles. The van der Waals surface area contributed by atoms with E-state index in [0.717, 1.165) is 0 Å². The Labute approximate surface area is 124 Å². The molecule has 1 fully saturated rings. The van der Waals surface area contributed by atoms with Crippen molar-refractivity contribution in [3.8, 4) is 0 Å². The van der Waals surface area contributed by atoms with Crippen molar-refractivity contribution in [1.82, 2.24) is 5.32 Å². The van der Waals surface area contributed by atoms with Crippen LogP contribution in [0.3, 0.4) is 0 Å². The first-order chi connectivity index (χ1) is 9.89. The molecule has 0 saturated carbocycles. The monoisotopic (exact) mass is 291 g/mol. The lowest BCUT2D eigenvalue weighted by atomic mass is 9.87. The molecule has 1 amide bonds. The molecule has 0 radical (unpaired) electrons. The average molecular weight is 291 g/mol. The second kappa shape index (κ2) is 6.26. The quantitative estimate of drug-likeness (QED) is 0.891. The molecule has 1 aromatic rings. The Hall–Kier alpha value is -1.88. The van der Waals surface area contributed by atoms with Gasteiger partial charge >= 0.3 is 5.97 Å². The van der Waals surface area contributed by atoms with Gasteiger partial charge in [0.05, 0.1) is 5.60 Å². The van der Waals surface area contributed by atoms with Crippen LogP contribution >= 0.6 is 0 Å². The number of hydrogen-bond acceptors (Lipinski definition) is 3. The minimum absolute atomic E-state index is 0.209. The van der Waals surface area contributed by atoms with E-state index < -0.39 is 12.0 Å². The number of aliphatic carboxylic acids is 1. The summed E-state index contributed by atoms with van der Waals surface area (Å²) in [6, 6.07) is 7.72. The predicted octanol–water partition coefficient (Wildman–Crippen LogP) is 2.13. The van der Waals surface area contributed by atoms with Crippen molar-refractivity contribution >= 4 is 11.9 Å². The third-order valence-electron chi connectivity index (χ3n) is 3.73. The average Bonchev–Trinajstić information content (AvgIpc) is 2.44. The van der Waals surface area contributed by atoms with E-state index in [9.17, 15) is 14.7 Å². The largest absolute Gasteiger partial charge is 0.479 e. The fraction of sp³-hybridized carbons (Fsp3) is 0.500. The number of amides is 1. The normalized spacial score (nSPS) is 22.3. The first kappa shape index (κ1) is 15.5. The lowest BCUT2D eigenvalue weighted by molar-refractivity contribution is -0.145. The summed E-state index contributed by atoms with van der Waals surface area (Å²) >= 11 is 0. The summed E-state index contributed by atoms with van der Waals surface area (Å²) in [5.74, 6) is -1.48. The van der Waals surface area contributed by atoms with E-state index in [2.05, 4.69) is 5.32 Å². The van der Waals surface area contributed by atoms with Crippen molar-refractivity contribution in [2.24, 2.45) is 5.92 Å². The fourth-order valence-electron chi connectivity index (χ4n) is 2.65. The van der Waals surface area contributed by atoms with Crippen LogP contribution in [-0.2, 0) is 14.3 Å². The van der Waals surface area contributed by atoms with Crippen LogP contribution in [0.15, 0.2) is 30.3 Å². The third kappa shape index (κ3) is 4.04. The van der Waals surface area contributed by atoms with Crippen molar-refractivity contribution in [3.63, 3.8) is 0 Å². The maximum atomic E-state index is 12.3.